The van der Waals surface area contributed by atoms with E-state index in [1.807, 2.05) is 38.1 Å². The summed E-state index contributed by atoms with van der Waals surface area (Å²) in [6, 6.07) is 24.5. The lowest BCUT2D eigenvalue weighted by Crippen LogP contribution is -2.30. The van der Waals surface area contributed by atoms with Crippen LogP contribution in [0.5, 0.6) is 0 Å². The van der Waals surface area contributed by atoms with Gasteiger partial charge in [-0.05, 0) is 74.9 Å². The van der Waals surface area contributed by atoms with Gasteiger partial charge in [-0.25, -0.2) is 13.2 Å². The molecule has 10 heteroatoms. The second-order valence-electron chi connectivity index (χ2n) is 10.5. The number of carbonyl (C=O) groups is 2. The van der Waals surface area contributed by atoms with Gasteiger partial charge in [-0.1, -0.05) is 59.1 Å². The minimum absolute atomic E-state index is 0.0653. The fraction of sp³-hybridized carbons (Fsp3) is 0.176. The molecule has 0 aliphatic carbocycles. The Kier molecular flexibility index (Phi) is 8.92. The Morgan fingerprint density at radius 2 is 1.50 bits per heavy atom. The Morgan fingerprint density at radius 3 is 2.11 bits per heavy atom. The number of allylic oxidation sites excluding steroid dienone is 2. The minimum Gasteiger partial charge on any atom is -0.465 e. The highest BCUT2D eigenvalue weighted by Crippen LogP contribution is 2.36. The number of aryl methyl sites for hydroxylation is 2. The highest BCUT2D eigenvalue weighted by Gasteiger charge is 2.38. The van der Waals surface area contributed by atoms with Crippen LogP contribution < -0.4 is 4.90 Å². The van der Waals surface area contributed by atoms with Gasteiger partial charge in [0.15, 0.2) is 0 Å². The number of nitrogens with zero attached hydrogens (tertiary/aromatic N) is 2. The molecule has 0 saturated heterocycles. The van der Waals surface area contributed by atoms with E-state index in [2.05, 4.69) is 0 Å². The summed E-state index contributed by atoms with van der Waals surface area (Å²) in [5.74, 6) is -0.545. The summed E-state index contributed by atoms with van der Waals surface area (Å²) in [7, 11) is -2.69. The standard InChI is InChI=1S/C34H31ClN2O6S/c1-22-5-13-27(14-6-22)37-24(3)32(34(39)42-4)33(38)31(37)19-28-15-16-29(43-28)21-36(20-25-9-11-26(35)12-10-25)44(40,41)30-17-7-23(2)8-18-30/h5-19H,20-21H2,1-4H3/b31-19+. The Hall–Kier alpha value is -4.44. The number of furan rings is 1. The number of esters is 1. The van der Waals surface area contributed by atoms with Crippen molar-refractivity contribution < 1.29 is 27.2 Å². The molecule has 0 unspecified atom stereocenters. The average Bonchev–Trinajstić information content (AvgIpc) is 3.54. The predicted octanol–water partition coefficient (Wildman–Crippen LogP) is 6.82. The molecule has 226 valence electrons. The van der Waals surface area contributed by atoms with Crippen LogP contribution in [0.2, 0.25) is 5.02 Å². The van der Waals surface area contributed by atoms with Crippen LogP contribution in [0.4, 0.5) is 5.69 Å². The Balaban J connectivity index is 1.49. The zero-order valence-electron chi connectivity index (χ0n) is 24.7. The SMILES string of the molecule is COC(=O)C1=C(C)N(c2ccc(C)cc2)/C(=C/c2ccc(CN(Cc3ccc(Cl)cc3)S(=O)(=O)c3ccc(C)cc3)o2)C1=O. The Morgan fingerprint density at radius 1 is 0.886 bits per heavy atom. The second-order valence-corrected chi connectivity index (χ2v) is 12.9. The number of anilines is 1. The third kappa shape index (κ3) is 6.40. The van der Waals surface area contributed by atoms with Crippen molar-refractivity contribution in [3.8, 4) is 0 Å². The molecule has 0 amide bonds. The second kappa shape index (κ2) is 12.7. The smallest absolute Gasteiger partial charge is 0.343 e. The molecule has 2 heterocycles. The van der Waals surface area contributed by atoms with Crippen molar-refractivity contribution in [3.05, 3.63) is 135 Å². The first-order valence-electron chi connectivity index (χ1n) is 13.8. The van der Waals surface area contributed by atoms with Gasteiger partial charge in [-0.2, -0.15) is 4.31 Å². The van der Waals surface area contributed by atoms with Crippen molar-refractivity contribution >= 4 is 45.1 Å². The number of ketones is 1. The summed E-state index contributed by atoms with van der Waals surface area (Å²) >= 11 is 6.05. The fourth-order valence-electron chi connectivity index (χ4n) is 4.93. The lowest BCUT2D eigenvalue weighted by Gasteiger charge is -2.22. The van der Waals surface area contributed by atoms with Crippen LogP contribution in [0.1, 0.15) is 35.1 Å². The van der Waals surface area contributed by atoms with Crippen LogP contribution >= 0.6 is 11.6 Å². The molecule has 0 fully saturated rings. The summed E-state index contributed by atoms with van der Waals surface area (Å²) in [5, 5.41) is 0.548. The maximum Gasteiger partial charge on any atom is 0.343 e. The zero-order chi connectivity index (χ0) is 31.6. The number of benzene rings is 3. The number of ether oxygens (including phenoxy) is 1. The molecule has 5 rings (SSSR count). The third-order valence-corrected chi connectivity index (χ3v) is 9.36. The maximum atomic E-state index is 13.8. The van der Waals surface area contributed by atoms with Gasteiger partial charge in [0.25, 0.3) is 0 Å². The van der Waals surface area contributed by atoms with Gasteiger partial charge in [0.2, 0.25) is 15.8 Å². The molecule has 0 N–H and O–H groups in total. The molecule has 1 aromatic heterocycles. The molecule has 0 atom stereocenters. The van der Waals surface area contributed by atoms with Crippen LogP contribution in [-0.4, -0.2) is 31.6 Å². The number of carbonyl (C=O) groups excluding carboxylic acids is 2. The Labute approximate surface area is 261 Å². The van der Waals surface area contributed by atoms with Gasteiger partial charge >= 0.3 is 5.97 Å². The van der Waals surface area contributed by atoms with Gasteiger partial charge in [-0.3, -0.25) is 4.79 Å². The number of Topliss-reactive ketones (excluding diaryl/α,β-unsaturated/α-hetero) is 1. The van der Waals surface area contributed by atoms with Gasteiger partial charge in [0, 0.05) is 29.0 Å². The molecule has 0 bridgehead atoms. The van der Waals surface area contributed by atoms with E-state index in [-0.39, 0.29) is 29.3 Å². The normalized spacial score (nSPS) is 14.6. The van der Waals surface area contributed by atoms with Crippen LogP contribution in [-0.2, 0) is 37.4 Å². The molecule has 0 radical (unpaired) electrons. The van der Waals surface area contributed by atoms with Crippen molar-refractivity contribution in [2.45, 2.75) is 38.8 Å². The van der Waals surface area contributed by atoms with E-state index in [1.54, 1.807) is 78.6 Å². The van der Waals surface area contributed by atoms with E-state index < -0.39 is 21.8 Å². The van der Waals surface area contributed by atoms with Gasteiger partial charge < -0.3 is 14.1 Å². The molecular weight excluding hydrogens is 600 g/mol. The summed E-state index contributed by atoms with van der Waals surface area (Å²) in [5.41, 5.74) is 4.00. The summed E-state index contributed by atoms with van der Waals surface area (Å²) in [4.78, 5) is 27.9. The van der Waals surface area contributed by atoms with E-state index in [1.165, 1.54) is 11.4 Å². The van der Waals surface area contributed by atoms with Gasteiger partial charge in [0.05, 0.1) is 24.2 Å². The molecule has 1 aliphatic rings. The number of hydrogen-bond acceptors (Lipinski definition) is 7. The first-order chi connectivity index (χ1) is 21.0. The van der Waals surface area contributed by atoms with Crippen LogP contribution in [0.25, 0.3) is 6.08 Å². The van der Waals surface area contributed by atoms with Crippen molar-refractivity contribution in [2.75, 3.05) is 12.0 Å². The van der Waals surface area contributed by atoms with Crippen LogP contribution in [0, 0.1) is 13.8 Å². The van der Waals surface area contributed by atoms with E-state index >= 15 is 0 Å². The van der Waals surface area contributed by atoms with Gasteiger partial charge in [-0.15, -0.1) is 0 Å². The number of hydrogen-bond donors (Lipinski definition) is 0. The molecular formula is C34H31ClN2O6S. The van der Waals surface area contributed by atoms with Gasteiger partial charge in [0.1, 0.15) is 17.1 Å². The van der Waals surface area contributed by atoms with Crippen LogP contribution in [0.15, 0.2) is 111 Å². The molecule has 1 aliphatic heterocycles. The van der Waals surface area contributed by atoms with E-state index in [4.69, 9.17) is 20.8 Å². The zero-order valence-corrected chi connectivity index (χ0v) is 26.3. The Bertz CT molecular complexity index is 1870. The minimum atomic E-state index is -3.92. The van der Waals surface area contributed by atoms with Crippen molar-refractivity contribution in [3.63, 3.8) is 0 Å². The van der Waals surface area contributed by atoms with Crippen molar-refractivity contribution in [1.82, 2.24) is 4.31 Å². The lowest BCUT2D eigenvalue weighted by molar-refractivity contribution is -0.137. The molecule has 8 nitrogen and oxygen atoms in total. The first kappa shape index (κ1) is 31.0. The van der Waals surface area contributed by atoms with Crippen molar-refractivity contribution in [1.29, 1.82) is 0 Å². The molecule has 4 aromatic rings. The number of sulfonamides is 1. The predicted molar refractivity (Wildman–Crippen MR) is 169 cm³/mol. The first-order valence-corrected chi connectivity index (χ1v) is 15.6. The monoisotopic (exact) mass is 630 g/mol. The topological polar surface area (TPSA) is 97.1 Å². The van der Waals surface area contributed by atoms with E-state index in [9.17, 15) is 18.0 Å². The molecule has 0 spiro atoms. The van der Waals surface area contributed by atoms with Crippen LogP contribution in [0.3, 0.4) is 0 Å². The summed E-state index contributed by atoms with van der Waals surface area (Å²) < 4.78 is 39.9. The molecule has 0 saturated carbocycles. The number of halogens is 1. The van der Waals surface area contributed by atoms with E-state index in [0.29, 0.717) is 27.9 Å². The number of methoxy groups -OCH3 is 1. The molecule has 3 aromatic carbocycles. The quantitative estimate of drug-likeness (QED) is 0.114. The summed E-state index contributed by atoms with van der Waals surface area (Å²) in [6.07, 6.45) is 1.54. The third-order valence-electron chi connectivity index (χ3n) is 7.30. The lowest BCUT2D eigenvalue weighted by atomic mass is 10.1. The maximum absolute atomic E-state index is 13.8. The molecule has 44 heavy (non-hydrogen) atoms. The fourth-order valence-corrected chi connectivity index (χ4v) is 6.45. The summed E-state index contributed by atoms with van der Waals surface area (Å²) in [6.45, 7) is 5.54. The average molecular weight is 631 g/mol. The number of rotatable bonds is 9. The highest BCUT2D eigenvalue weighted by molar-refractivity contribution is 7.89. The van der Waals surface area contributed by atoms with Crippen molar-refractivity contribution in [2.24, 2.45) is 0 Å². The van der Waals surface area contributed by atoms with E-state index in [0.717, 1.165) is 16.7 Å². The largest absolute Gasteiger partial charge is 0.465 e. The highest BCUT2D eigenvalue weighted by atomic mass is 35.5.